The predicted molar refractivity (Wildman–Crippen MR) is 104 cm³/mol. The van der Waals surface area contributed by atoms with E-state index >= 15 is 0 Å². The normalized spacial score (nSPS) is 10.5. The number of methoxy groups -OCH3 is 2. The van der Waals surface area contributed by atoms with Crippen LogP contribution < -0.4 is 20.2 Å². The number of ether oxygens (including phenoxy) is 2. The molecule has 0 aliphatic heterocycles. The molecule has 9 heteroatoms. The Bertz CT molecular complexity index is 849. The van der Waals surface area contributed by atoms with Crippen LogP contribution in [-0.2, 0) is 4.79 Å². The van der Waals surface area contributed by atoms with E-state index < -0.39 is 11.8 Å². The molecular weight excluding hydrogens is 393 g/mol. The number of amides is 2. The van der Waals surface area contributed by atoms with E-state index in [1.165, 1.54) is 32.6 Å². The second-order valence-corrected chi connectivity index (χ2v) is 6.09. The van der Waals surface area contributed by atoms with Crippen LogP contribution in [0.5, 0.6) is 11.5 Å². The van der Waals surface area contributed by atoms with Crippen LogP contribution >= 0.6 is 23.2 Å². The number of carbonyl (C=O) groups is 2. The molecule has 2 rings (SSSR count). The summed E-state index contributed by atoms with van der Waals surface area (Å²) in [6.45, 7) is -0.260. The smallest absolute Gasteiger partial charge is 0.259 e. The largest absolute Gasteiger partial charge is 0.497 e. The Labute approximate surface area is 166 Å². The Morgan fingerprint density at radius 3 is 2.33 bits per heavy atom. The fourth-order valence-corrected chi connectivity index (χ4v) is 2.48. The standard InChI is InChI=1S/C18H17Cl2N3O4/c1-26-14-5-12(6-15(8-14)27-2)18(25)21-10-17(24)23-22-9-11-3-4-13(19)7-16(11)20/h3-9H,10H2,1-2H3,(H,21,25)(H,23,24)/b22-9+. The molecule has 0 saturated carbocycles. The van der Waals surface area contributed by atoms with Gasteiger partial charge in [-0.1, -0.05) is 29.3 Å². The molecule has 27 heavy (non-hydrogen) atoms. The average molecular weight is 410 g/mol. The topological polar surface area (TPSA) is 89.0 Å². The number of halogens is 2. The van der Waals surface area contributed by atoms with Gasteiger partial charge in [-0.2, -0.15) is 5.10 Å². The number of rotatable bonds is 7. The zero-order chi connectivity index (χ0) is 19.8. The summed E-state index contributed by atoms with van der Waals surface area (Å²) in [6, 6.07) is 9.60. The molecule has 0 aromatic heterocycles. The van der Waals surface area contributed by atoms with Crippen molar-refractivity contribution in [3.8, 4) is 11.5 Å². The van der Waals surface area contributed by atoms with Crippen molar-refractivity contribution in [1.82, 2.24) is 10.7 Å². The zero-order valence-electron chi connectivity index (χ0n) is 14.6. The summed E-state index contributed by atoms with van der Waals surface area (Å²) in [4.78, 5) is 24.0. The lowest BCUT2D eigenvalue weighted by molar-refractivity contribution is -0.120. The van der Waals surface area contributed by atoms with Crippen LogP contribution in [0.3, 0.4) is 0 Å². The highest BCUT2D eigenvalue weighted by molar-refractivity contribution is 6.36. The number of nitrogens with one attached hydrogen (secondary N) is 2. The molecule has 2 aromatic carbocycles. The maximum atomic E-state index is 12.2. The predicted octanol–water partition coefficient (Wildman–Crippen LogP) is 2.89. The summed E-state index contributed by atoms with van der Waals surface area (Å²) in [5.74, 6) is -0.0200. The van der Waals surface area contributed by atoms with Gasteiger partial charge in [-0.15, -0.1) is 0 Å². The van der Waals surface area contributed by atoms with Crippen LogP contribution in [0.4, 0.5) is 0 Å². The lowest BCUT2D eigenvalue weighted by Gasteiger charge is -2.08. The molecule has 2 N–H and O–H groups in total. The van der Waals surface area contributed by atoms with Gasteiger partial charge in [-0.3, -0.25) is 9.59 Å². The van der Waals surface area contributed by atoms with Crippen LogP contribution in [0.2, 0.25) is 10.0 Å². The third-order valence-corrected chi connectivity index (χ3v) is 3.94. The van der Waals surface area contributed by atoms with E-state index in [-0.39, 0.29) is 6.54 Å². The maximum absolute atomic E-state index is 12.2. The first-order valence-corrected chi connectivity index (χ1v) is 8.46. The number of nitrogens with zero attached hydrogens (tertiary/aromatic N) is 1. The third-order valence-electron chi connectivity index (χ3n) is 3.38. The molecule has 0 atom stereocenters. The third kappa shape index (κ3) is 6.16. The van der Waals surface area contributed by atoms with Crippen LogP contribution in [0.15, 0.2) is 41.5 Å². The van der Waals surface area contributed by atoms with Gasteiger partial charge < -0.3 is 14.8 Å². The van der Waals surface area contributed by atoms with Gasteiger partial charge in [0.25, 0.3) is 11.8 Å². The molecule has 0 aliphatic rings. The lowest BCUT2D eigenvalue weighted by Crippen LogP contribution is -2.34. The van der Waals surface area contributed by atoms with Gasteiger partial charge in [0.2, 0.25) is 0 Å². The van der Waals surface area contributed by atoms with Crippen molar-refractivity contribution in [2.75, 3.05) is 20.8 Å². The summed E-state index contributed by atoms with van der Waals surface area (Å²) >= 11 is 11.8. The first-order chi connectivity index (χ1) is 12.9. The highest BCUT2D eigenvalue weighted by atomic mass is 35.5. The molecule has 0 unspecified atom stereocenters. The van der Waals surface area contributed by atoms with E-state index in [4.69, 9.17) is 32.7 Å². The Balaban J connectivity index is 1.89. The van der Waals surface area contributed by atoms with Gasteiger partial charge >= 0.3 is 0 Å². The Kier molecular flexibility index (Phi) is 7.45. The Morgan fingerprint density at radius 2 is 1.74 bits per heavy atom. The summed E-state index contributed by atoms with van der Waals surface area (Å²) in [5, 5.41) is 7.19. The van der Waals surface area contributed by atoms with E-state index in [2.05, 4.69) is 15.8 Å². The fraction of sp³-hybridized carbons (Fsp3) is 0.167. The average Bonchev–Trinajstić information content (AvgIpc) is 2.67. The molecular formula is C18H17Cl2N3O4. The molecule has 0 radical (unpaired) electrons. The van der Waals surface area contributed by atoms with E-state index in [0.717, 1.165) is 0 Å². The molecule has 0 saturated heterocycles. The minimum atomic E-state index is -0.500. The van der Waals surface area contributed by atoms with Crippen molar-refractivity contribution in [1.29, 1.82) is 0 Å². The highest BCUT2D eigenvalue weighted by Crippen LogP contribution is 2.22. The van der Waals surface area contributed by atoms with Gasteiger partial charge in [-0.05, 0) is 24.3 Å². The molecule has 142 valence electrons. The number of hydrogen-bond donors (Lipinski definition) is 2. The van der Waals surface area contributed by atoms with Crippen LogP contribution in [-0.4, -0.2) is 38.8 Å². The Morgan fingerprint density at radius 1 is 1.07 bits per heavy atom. The van der Waals surface area contributed by atoms with Crippen molar-refractivity contribution in [3.05, 3.63) is 57.6 Å². The summed E-state index contributed by atoms with van der Waals surface area (Å²) in [6.07, 6.45) is 1.38. The lowest BCUT2D eigenvalue weighted by atomic mass is 10.2. The summed E-state index contributed by atoms with van der Waals surface area (Å²) < 4.78 is 10.2. The minimum absolute atomic E-state index is 0.260. The second-order valence-electron chi connectivity index (χ2n) is 5.24. The molecule has 0 aliphatic carbocycles. The number of benzene rings is 2. The first kappa shape index (κ1) is 20.5. The van der Waals surface area contributed by atoms with E-state index in [0.29, 0.717) is 32.7 Å². The van der Waals surface area contributed by atoms with Crippen molar-refractivity contribution in [3.63, 3.8) is 0 Å². The molecule has 2 aromatic rings. The molecule has 7 nitrogen and oxygen atoms in total. The van der Waals surface area contributed by atoms with Gasteiger partial charge in [-0.25, -0.2) is 5.43 Å². The quantitative estimate of drug-likeness (QED) is 0.543. The Hall–Kier alpha value is -2.77. The van der Waals surface area contributed by atoms with Gasteiger partial charge in [0.05, 0.1) is 32.0 Å². The maximum Gasteiger partial charge on any atom is 0.259 e. The van der Waals surface area contributed by atoms with Crippen molar-refractivity contribution in [2.24, 2.45) is 5.10 Å². The zero-order valence-corrected chi connectivity index (χ0v) is 16.1. The van der Waals surface area contributed by atoms with E-state index in [1.54, 1.807) is 24.3 Å². The minimum Gasteiger partial charge on any atom is -0.497 e. The number of hydrazone groups is 1. The van der Waals surface area contributed by atoms with Gasteiger partial charge in [0.15, 0.2) is 0 Å². The molecule has 0 fully saturated rings. The van der Waals surface area contributed by atoms with Gasteiger partial charge in [0.1, 0.15) is 11.5 Å². The molecule has 0 bridgehead atoms. The monoisotopic (exact) mass is 409 g/mol. The van der Waals surface area contributed by atoms with Crippen LogP contribution in [0.1, 0.15) is 15.9 Å². The van der Waals surface area contributed by atoms with E-state index in [1.807, 2.05) is 0 Å². The fourth-order valence-electron chi connectivity index (χ4n) is 2.02. The number of hydrogen-bond acceptors (Lipinski definition) is 5. The van der Waals surface area contributed by atoms with E-state index in [9.17, 15) is 9.59 Å². The SMILES string of the molecule is COc1cc(OC)cc(C(=O)NCC(=O)N/N=C/c2ccc(Cl)cc2Cl)c1. The van der Waals surface area contributed by atoms with Gasteiger partial charge in [0, 0.05) is 22.2 Å². The molecule has 2 amide bonds. The number of carbonyl (C=O) groups excluding carboxylic acids is 2. The summed E-state index contributed by atoms with van der Waals surface area (Å²) in [5.41, 5.74) is 3.19. The van der Waals surface area contributed by atoms with Crippen molar-refractivity contribution in [2.45, 2.75) is 0 Å². The second kappa shape index (κ2) is 9.80. The van der Waals surface area contributed by atoms with Crippen molar-refractivity contribution >= 4 is 41.2 Å². The van der Waals surface area contributed by atoms with Crippen molar-refractivity contribution < 1.29 is 19.1 Å². The summed E-state index contributed by atoms with van der Waals surface area (Å²) in [7, 11) is 2.96. The molecule has 0 heterocycles. The van der Waals surface area contributed by atoms with Crippen LogP contribution in [0.25, 0.3) is 0 Å². The first-order valence-electron chi connectivity index (χ1n) is 7.71. The molecule has 0 spiro atoms. The van der Waals surface area contributed by atoms with Crippen LogP contribution in [0, 0.1) is 0 Å². The highest BCUT2D eigenvalue weighted by Gasteiger charge is 2.11.